The lowest BCUT2D eigenvalue weighted by molar-refractivity contribution is 0.0954. The number of halogens is 2. The Hall–Kier alpha value is -3.87. The highest BCUT2D eigenvalue weighted by molar-refractivity contribution is 6.04. The highest BCUT2D eigenvalue weighted by atomic mass is 19.1. The average molecular weight is 393 g/mol. The van der Waals surface area contributed by atoms with E-state index in [0.29, 0.717) is 28.1 Å². The summed E-state index contributed by atoms with van der Waals surface area (Å²) in [6.45, 7) is 1.70. The largest absolute Gasteiger partial charge is 0.322 e. The van der Waals surface area contributed by atoms with Crippen molar-refractivity contribution in [2.24, 2.45) is 5.10 Å². The number of carbonyl (C=O) groups excluding carboxylic acids is 2. The van der Waals surface area contributed by atoms with Gasteiger partial charge in [0.15, 0.2) is 0 Å². The third kappa shape index (κ3) is 5.32. The van der Waals surface area contributed by atoms with Gasteiger partial charge in [-0.2, -0.15) is 5.10 Å². The Morgan fingerprint density at radius 3 is 1.69 bits per heavy atom. The fraction of sp³-hybridized carbons (Fsp3) is 0.0455. The molecule has 0 saturated carbocycles. The van der Waals surface area contributed by atoms with Crippen LogP contribution in [0.15, 0.2) is 77.9 Å². The Balaban J connectivity index is 1.61. The molecule has 29 heavy (non-hydrogen) atoms. The molecule has 2 N–H and O–H groups in total. The van der Waals surface area contributed by atoms with Crippen LogP contribution < -0.4 is 10.7 Å². The molecular weight excluding hydrogens is 376 g/mol. The smallest absolute Gasteiger partial charge is 0.271 e. The van der Waals surface area contributed by atoms with Crippen molar-refractivity contribution in [2.75, 3.05) is 5.32 Å². The van der Waals surface area contributed by atoms with E-state index in [2.05, 4.69) is 15.8 Å². The van der Waals surface area contributed by atoms with Gasteiger partial charge in [0.1, 0.15) is 11.6 Å². The number of amides is 2. The molecule has 0 atom stereocenters. The van der Waals surface area contributed by atoms with Crippen LogP contribution in [0.5, 0.6) is 0 Å². The molecule has 3 rings (SSSR count). The van der Waals surface area contributed by atoms with Crippen LogP contribution in [-0.2, 0) is 0 Å². The Labute approximate surface area is 166 Å². The fourth-order valence-corrected chi connectivity index (χ4v) is 2.46. The molecule has 0 heterocycles. The molecule has 0 radical (unpaired) electrons. The lowest BCUT2D eigenvalue weighted by atomic mass is 10.1. The fourth-order valence-electron chi connectivity index (χ4n) is 2.46. The van der Waals surface area contributed by atoms with Crippen molar-refractivity contribution in [1.82, 2.24) is 5.43 Å². The van der Waals surface area contributed by atoms with Crippen molar-refractivity contribution in [3.05, 3.63) is 101 Å². The first-order valence-corrected chi connectivity index (χ1v) is 8.70. The van der Waals surface area contributed by atoms with Crippen molar-refractivity contribution in [3.63, 3.8) is 0 Å². The summed E-state index contributed by atoms with van der Waals surface area (Å²) in [5, 5.41) is 6.68. The van der Waals surface area contributed by atoms with Gasteiger partial charge in [-0.25, -0.2) is 14.2 Å². The molecule has 3 aromatic carbocycles. The number of benzene rings is 3. The molecule has 0 aromatic heterocycles. The SMILES string of the molecule is CC(=NNC(=O)c1ccc(NC(=O)c2ccc(F)cc2)cc1)c1ccc(F)cc1. The maximum Gasteiger partial charge on any atom is 0.271 e. The second-order valence-corrected chi connectivity index (χ2v) is 6.18. The molecule has 0 aliphatic heterocycles. The molecule has 146 valence electrons. The lowest BCUT2D eigenvalue weighted by Crippen LogP contribution is -2.19. The van der Waals surface area contributed by atoms with Crippen molar-refractivity contribution in [1.29, 1.82) is 0 Å². The summed E-state index contributed by atoms with van der Waals surface area (Å²) in [5.74, 6) is -1.59. The molecule has 0 aliphatic carbocycles. The lowest BCUT2D eigenvalue weighted by Gasteiger charge is -2.07. The normalized spacial score (nSPS) is 11.1. The molecule has 0 saturated heterocycles. The summed E-state index contributed by atoms with van der Waals surface area (Å²) in [6, 6.07) is 17.2. The van der Waals surface area contributed by atoms with Gasteiger partial charge in [-0.05, 0) is 73.2 Å². The van der Waals surface area contributed by atoms with Gasteiger partial charge >= 0.3 is 0 Å². The van der Waals surface area contributed by atoms with E-state index in [-0.39, 0.29) is 11.7 Å². The number of anilines is 1. The summed E-state index contributed by atoms with van der Waals surface area (Å²) in [7, 11) is 0. The van der Waals surface area contributed by atoms with Gasteiger partial charge in [-0.15, -0.1) is 0 Å². The van der Waals surface area contributed by atoms with E-state index in [1.54, 1.807) is 43.3 Å². The standard InChI is InChI=1S/C22H17F2N3O2/c1-14(15-2-8-18(23)9-3-15)26-27-22(29)17-6-12-20(13-7-17)25-21(28)16-4-10-19(24)11-5-16/h2-13H,1H3,(H,25,28)(H,27,29). The number of nitrogens with zero attached hydrogens (tertiary/aromatic N) is 1. The number of hydrogen-bond acceptors (Lipinski definition) is 3. The first kappa shape index (κ1) is 19.9. The maximum atomic E-state index is 13.0. The van der Waals surface area contributed by atoms with E-state index in [4.69, 9.17) is 0 Å². The highest BCUT2D eigenvalue weighted by Crippen LogP contribution is 2.12. The molecule has 2 amide bonds. The third-order valence-electron chi connectivity index (χ3n) is 4.10. The molecule has 0 unspecified atom stereocenters. The maximum absolute atomic E-state index is 13.0. The summed E-state index contributed by atoms with van der Waals surface area (Å²) >= 11 is 0. The molecule has 0 aliphatic rings. The van der Waals surface area contributed by atoms with Gasteiger partial charge in [0.05, 0.1) is 5.71 Å². The molecular formula is C22H17F2N3O2. The number of rotatable bonds is 5. The highest BCUT2D eigenvalue weighted by Gasteiger charge is 2.08. The van der Waals surface area contributed by atoms with Crippen LogP contribution in [0, 0.1) is 11.6 Å². The third-order valence-corrected chi connectivity index (χ3v) is 4.10. The van der Waals surface area contributed by atoms with Crippen molar-refractivity contribution in [2.45, 2.75) is 6.92 Å². The van der Waals surface area contributed by atoms with Crippen LogP contribution in [0.25, 0.3) is 0 Å². The monoisotopic (exact) mass is 393 g/mol. The molecule has 5 nitrogen and oxygen atoms in total. The minimum atomic E-state index is -0.428. The zero-order valence-electron chi connectivity index (χ0n) is 15.4. The van der Waals surface area contributed by atoms with E-state index in [0.717, 1.165) is 0 Å². The zero-order valence-corrected chi connectivity index (χ0v) is 15.4. The van der Waals surface area contributed by atoms with E-state index in [1.165, 1.54) is 36.4 Å². The molecule has 7 heteroatoms. The first-order chi connectivity index (χ1) is 13.9. The molecule has 0 bridgehead atoms. The number of hydrazone groups is 1. The Morgan fingerprint density at radius 2 is 1.14 bits per heavy atom. The van der Waals surface area contributed by atoms with E-state index in [9.17, 15) is 18.4 Å². The van der Waals surface area contributed by atoms with Crippen LogP contribution in [0.4, 0.5) is 14.5 Å². The van der Waals surface area contributed by atoms with Gasteiger partial charge < -0.3 is 5.32 Å². The van der Waals surface area contributed by atoms with Crippen molar-refractivity contribution >= 4 is 23.2 Å². The van der Waals surface area contributed by atoms with Crippen LogP contribution in [0.3, 0.4) is 0 Å². The average Bonchev–Trinajstić information content (AvgIpc) is 2.73. The molecule has 0 fully saturated rings. The topological polar surface area (TPSA) is 70.6 Å². The Kier molecular flexibility index (Phi) is 6.09. The number of carbonyl (C=O) groups is 2. The predicted octanol–water partition coefficient (Wildman–Crippen LogP) is 4.37. The minimum Gasteiger partial charge on any atom is -0.322 e. The number of nitrogens with one attached hydrogen (secondary N) is 2. The van der Waals surface area contributed by atoms with E-state index in [1.807, 2.05) is 0 Å². The zero-order chi connectivity index (χ0) is 20.8. The van der Waals surface area contributed by atoms with Gasteiger partial charge in [-0.1, -0.05) is 12.1 Å². The Morgan fingerprint density at radius 1 is 0.690 bits per heavy atom. The van der Waals surface area contributed by atoms with Gasteiger partial charge in [-0.3, -0.25) is 9.59 Å². The second-order valence-electron chi connectivity index (χ2n) is 6.18. The first-order valence-electron chi connectivity index (χ1n) is 8.70. The molecule has 3 aromatic rings. The van der Waals surface area contributed by atoms with Crippen LogP contribution >= 0.6 is 0 Å². The van der Waals surface area contributed by atoms with Crippen LogP contribution in [0.2, 0.25) is 0 Å². The van der Waals surface area contributed by atoms with E-state index < -0.39 is 11.7 Å². The predicted molar refractivity (Wildman–Crippen MR) is 107 cm³/mol. The summed E-state index contributed by atoms with van der Waals surface area (Å²) in [6.07, 6.45) is 0. The summed E-state index contributed by atoms with van der Waals surface area (Å²) in [5.41, 5.74) is 4.80. The summed E-state index contributed by atoms with van der Waals surface area (Å²) < 4.78 is 25.9. The summed E-state index contributed by atoms with van der Waals surface area (Å²) in [4.78, 5) is 24.3. The van der Waals surface area contributed by atoms with Gasteiger partial charge in [0.2, 0.25) is 0 Å². The van der Waals surface area contributed by atoms with Crippen molar-refractivity contribution < 1.29 is 18.4 Å². The van der Waals surface area contributed by atoms with Gasteiger partial charge in [0, 0.05) is 16.8 Å². The van der Waals surface area contributed by atoms with Gasteiger partial charge in [0.25, 0.3) is 11.8 Å². The Bertz CT molecular complexity index is 1040. The van der Waals surface area contributed by atoms with Crippen molar-refractivity contribution in [3.8, 4) is 0 Å². The quantitative estimate of drug-likeness (QED) is 0.499. The van der Waals surface area contributed by atoms with Crippen LogP contribution in [-0.4, -0.2) is 17.5 Å². The molecule has 0 spiro atoms. The number of hydrogen-bond donors (Lipinski definition) is 2. The van der Waals surface area contributed by atoms with Crippen LogP contribution in [0.1, 0.15) is 33.2 Å². The van der Waals surface area contributed by atoms with E-state index >= 15 is 0 Å². The second kappa shape index (κ2) is 8.88. The minimum absolute atomic E-state index is 0.318.